The van der Waals surface area contributed by atoms with Crippen molar-refractivity contribution >= 4 is 33.4 Å². The second kappa shape index (κ2) is 7.23. The maximum absolute atomic E-state index is 12.6. The van der Waals surface area contributed by atoms with Gasteiger partial charge in [0.1, 0.15) is 10.6 Å². The van der Waals surface area contributed by atoms with Crippen LogP contribution in [0.3, 0.4) is 0 Å². The van der Waals surface area contributed by atoms with Gasteiger partial charge in [0.25, 0.3) is 5.91 Å². The van der Waals surface area contributed by atoms with Crippen molar-refractivity contribution < 1.29 is 13.2 Å². The van der Waals surface area contributed by atoms with Crippen molar-refractivity contribution in [1.29, 1.82) is 0 Å². The van der Waals surface area contributed by atoms with Gasteiger partial charge in [0.2, 0.25) is 10.0 Å². The number of nitrogens with zero attached hydrogens (tertiary/aromatic N) is 1. The molecule has 1 amide bonds. The molecule has 8 heteroatoms. The van der Waals surface area contributed by atoms with Crippen molar-refractivity contribution in [2.24, 2.45) is 0 Å². The van der Waals surface area contributed by atoms with E-state index in [9.17, 15) is 13.2 Å². The molecule has 0 bridgehead atoms. The number of carbonyl (C=O) groups excluding carboxylic acids is 1. The van der Waals surface area contributed by atoms with Crippen LogP contribution in [0.25, 0.3) is 0 Å². The number of aryl methyl sites for hydroxylation is 1. The number of H-pyrrole nitrogens is 1. The molecule has 0 spiro atoms. The van der Waals surface area contributed by atoms with Crippen LogP contribution in [0.15, 0.2) is 35.4 Å². The van der Waals surface area contributed by atoms with Gasteiger partial charge in [0, 0.05) is 36.5 Å². The standard InChI is InChI=1S/C17H21N3O3S2/c1-12-4-3-5-15(13(12)2)19-17(21)16-10-14(11-18-16)25(22,23)20-6-8-24-9-7-20/h3-5,10-11,18H,6-9H2,1-2H3,(H,19,21). The quantitative estimate of drug-likeness (QED) is 0.855. The number of sulfonamides is 1. The molecule has 3 rings (SSSR count). The molecule has 1 aliphatic rings. The first-order valence-corrected chi connectivity index (χ1v) is 10.6. The predicted molar refractivity (Wildman–Crippen MR) is 101 cm³/mol. The molecule has 2 aromatic rings. The van der Waals surface area contributed by atoms with Crippen molar-refractivity contribution in [3.8, 4) is 0 Å². The van der Waals surface area contributed by atoms with Crippen LogP contribution in [0.2, 0.25) is 0 Å². The van der Waals surface area contributed by atoms with E-state index in [2.05, 4.69) is 10.3 Å². The number of carbonyl (C=O) groups is 1. The zero-order chi connectivity index (χ0) is 18.0. The maximum Gasteiger partial charge on any atom is 0.272 e. The van der Waals surface area contributed by atoms with E-state index in [1.165, 1.54) is 16.6 Å². The Morgan fingerprint density at radius 1 is 1.24 bits per heavy atom. The fraction of sp³-hybridized carbons (Fsp3) is 0.353. The summed E-state index contributed by atoms with van der Waals surface area (Å²) < 4.78 is 26.8. The fourth-order valence-corrected chi connectivity index (χ4v) is 5.24. The Kier molecular flexibility index (Phi) is 5.21. The molecule has 2 N–H and O–H groups in total. The van der Waals surface area contributed by atoms with E-state index in [4.69, 9.17) is 0 Å². The number of rotatable bonds is 4. The van der Waals surface area contributed by atoms with Gasteiger partial charge >= 0.3 is 0 Å². The highest BCUT2D eigenvalue weighted by Gasteiger charge is 2.27. The summed E-state index contributed by atoms with van der Waals surface area (Å²) in [5, 5.41) is 2.83. The summed E-state index contributed by atoms with van der Waals surface area (Å²) in [7, 11) is -3.55. The number of hydrogen-bond acceptors (Lipinski definition) is 4. The number of benzene rings is 1. The third-order valence-electron chi connectivity index (χ3n) is 4.36. The first-order chi connectivity index (χ1) is 11.9. The van der Waals surface area contributed by atoms with E-state index in [1.54, 1.807) is 11.8 Å². The summed E-state index contributed by atoms with van der Waals surface area (Å²) in [4.78, 5) is 15.4. The summed E-state index contributed by atoms with van der Waals surface area (Å²) in [6, 6.07) is 7.07. The highest BCUT2D eigenvalue weighted by Crippen LogP contribution is 2.22. The molecule has 1 saturated heterocycles. The molecule has 1 aromatic carbocycles. The van der Waals surface area contributed by atoms with Gasteiger partial charge in [-0.15, -0.1) is 0 Å². The molecule has 134 valence electrons. The number of nitrogens with one attached hydrogen (secondary N) is 2. The lowest BCUT2D eigenvalue weighted by Gasteiger charge is -2.24. The molecular formula is C17H21N3O3S2. The average Bonchev–Trinajstić information content (AvgIpc) is 3.11. The second-order valence-corrected chi connectivity index (χ2v) is 9.13. The fourth-order valence-electron chi connectivity index (χ4n) is 2.67. The van der Waals surface area contributed by atoms with Gasteiger partial charge < -0.3 is 10.3 Å². The van der Waals surface area contributed by atoms with Crippen molar-refractivity contribution in [2.75, 3.05) is 29.9 Å². The lowest BCUT2D eigenvalue weighted by Crippen LogP contribution is -2.37. The molecule has 25 heavy (non-hydrogen) atoms. The van der Waals surface area contributed by atoms with Gasteiger partial charge in [-0.1, -0.05) is 12.1 Å². The monoisotopic (exact) mass is 379 g/mol. The molecule has 0 aliphatic carbocycles. The maximum atomic E-state index is 12.6. The summed E-state index contributed by atoms with van der Waals surface area (Å²) in [5.74, 6) is 1.23. The smallest absolute Gasteiger partial charge is 0.272 e. The molecule has 1 aliphatic heterocycles. The third-order valence-corrected chi connectivity index (χ3v) is 7.18. The van der Waals surface area contributed by atoms with Gasteiger partial charge in [-0.3, -0.25) is 4.79 Å². The molecule has 1 fully saturated rings. The van der Waals surface area contributed by atoms with Crippen molar-refractivity contribution in [3.63, 3.8) is 0 Å². The second-order valence-electron chi connectivity index (χ2n) is 5.97. The molecule has 1 aromatic heterocycles. The minimum atomic E-state index is -3.55. The van der Waals surface area contributed by atoms with Crippen molar-refractivity contribution in [2.45, 2.75) is 18.7 Å². The van der Waals surface area contributed by atoms with Gasteiger partial charge in [-0.2, -0.15) is 16.1 Å². The Bertz CT molecular complexity index is 884. The molecule has 6 nitrogen and oxygen atoms in total. The van der Waals surface area contributed by atoms with Crippen LogP contribution in [0.5, 0.6) is 0 Å². The molecule has 0 radical (unpaired) electrons. The number of aromatic amines is 1. The first-order valence-electron chi connectivity index (χ1n) is 8.03. The van der Waals surface area contributed by atoms with Gasteiger partial charge in [-0.25, -0.2) is 8.42 Å². The predicted octanol–water partition coefficient (Wildman–Crippen LogP) is 2.62. The highest BCUT2D eigenvalue weighted by atomic mass is 32.2. The Morgan fingerprint density at radius 3 is 2.68 bits per heavy atom. The van der Waals surface area contributed by atoms with Gasteiger partial charge in [0.15, 0.2) is 0 Å². The van der Waals surface area contributed by atoms with Crippen LogP contribution in [-0.2, 0) is 10.0 Å². The average molecular weight is 380 g/mol. The van der Waals surface area contributed by atoms with Crippen LogP contribution in [0.1, 0.15) is 21.6 Å². The van der Waals surface area contributed by atoms with Crippen LogP contribution < -0.4 is 5.32 Å². The Balaban J connectivity index is 1.78. The van der Waals surface area contributed by atoms with E-state index in [0.717, 1.165) is 28.3 Å². The molecule has 0 atom stereocenters. The first kappa shape index (κ1) is 18.0. The minimum Gasteiger partial charge on any atom is -0.356 e. The van der Waals surface area contributed by atoms with E-state index in [1.807, 2.05) is 32.0 Å². The molecule has 2 heterocycles. The lowest BCUT2D eigenvalue weighted by molar-refractivity contribution is 0.102. The highest BCUT2D eigenvalue weighted by molar-refractivity contribution is 7.99. The molecule has 0 saturated carbocycles. The van der Waals surface area contributed by atoms with E-state index in [0.29, 0.717) is 13.1 Å². The van der Waals surface area contributed by atoms with Gasteiger partial charge in [0.05, 0.1) is 0 Å². The van der Waals surface area contributed by atoms with Crippen molar-refractivity contribution in [3.05, 3.63) is 47.3 Å². The van der Waals surface area contributed by atoms with Crippen LogP contribution in [-0.4, -0.2) is 48.2 Å². The number of hydrogen-bond donors (Lipinski definition) is 2. The van der Waals surface area contributed by atoms with Crippen LogP contribution >= 0.6 is 11.8 Å². The SMILES string of the molecule is Cc1cccc(NC(=O)c2cc(S(=O)(=O)N3CCSCC3)c[nH]2)c1C. The number of thioether (sulfide) groups is 1. The van der Waals surface area contributed by atoms with Gasteiger partial charge in [-0.05, 0) is 37.1 Å². The Labute approximate surface area is 152 Å². The summed E-state index contributed by atoms with van der Waals surface area (Å²) in [6.45, 7) is 4.91. The lowest BCUT2D eigenvalue weighted by atomic mass is 10.1. The minimum absolute atomic E-state index is 0.130. The zero-order valence-electron chi connectivity index (χ0n) is 14.2. The van der Waals surface area contributed by atoms with E-state index < -0.39 is 10.0 Å². The van der Waals surface area contributed by atoms with Crippen LogP contribution in [0.4, 0.5) is 5.69 Å². The third kappa shape index (κ3) is 3.75. The summed E-state index contributed by atoms with van der Waals surface area (Å²) >= 11 is 1.75. The van der Waals surface area contributed by atoms with E-state index >= 15 is 0 Å². The topological polar surface area (TPSA) is 82.3 Å². The zero-order valence-corrected chi connectivity index (χ0v) is 15.8. The van der Waals surface area contributed by atoms with Crippen molar-refractivity contribution in [1.82, 2.24) is 9.29 Å². The summed E-state index contributed by atoms with van der Waals surface area (Å²) in [6.07, 6.45) is 1.38. The van der Waals surface area contributed by atoms with Crippen LogP contribution in [0, 0.1) is 13.8 Å². The molecule has 0 unspecified atom stereocenters. The Hall–Kier alpha value is -1.77. The molecular weight excluding hydrogens is 358 g/mol. The van der Waals surface area contributed by atoms with E-state index in [-0.39, 0.29) is 16.5 Å². The number of amides is 1. The largest absolute Gasteiger partial charge is 0.356 e. The summed E-state index contributed by atoms with van der Waals surface area (Å²) in [5.41, 5.74) is 3.01. The number of anilines is 1. The number of aromatic nitrogens is 1. The normalized spacial score (nSPS) is 15.9. The Morgan fingerprint density at radius 2 is 1.96 bits per heavy atom.